The number of aliphatic carboxylic acids is 1. The fraction of sp³-hybridized carbons (Fsp3) is 0.286. The number of thiazole rings is 2. The molecule has 1 saturated heterocycles. The molecule has 1 fully saturated rings. The van der Waals surface area contributed by atoms with Gasteiger partial charge < -0.3 is 30.9 Å². The number of thioether (sulfide) groups is 1. The van der Waals surface area contributed by atoms with Crippen molar-refractivity contribution >= 4 is 79.9 Å². The summed E-state index contributed by atoms with van der Waals surface area (Å²) in [4.78, 5) is 58.2. The van der Waals surface area contributed by atoms with Crippen LogP contribution in [0.15, 0.2) is 62.8 Å². The number of oxime groups is 1. The molecule has 0 aliphatic carbocycles. The number of nitrogen functional groups attached to an aromatic ring is 1. The number of nitrogens with one attached hydrogen (secondary N) is 2. The van der Waals surface area contributed by atoms with Crippen LogP contribution in [0, 0.1) is 0 Å². The van der Waals surface area contributed by atoms with E-state index >= 15 is 0 Å². The first-order chi connectivity index (χ1) is 22.3. The summed E-state index contributed by atoms with van der Waals surface area (Å²) in [5, 5.41) is 24.1. The van der Waals surface area contributed by atoms with E-state index in [0.29, 0.717) is 17.9 Å². The molecule has 7 heterocycles. The number of fused-ring (bicyclic) bond motifs is 2. The summed E-state index contributed by atoms with van der Waals surface area (Å²) < 4.78 is 4.08. The van der Waals surface area contributed by atoms with E-state index in [1.165, 1.54) is 23.8 Å². The fourth-order valence-electron chi connectivity index (χ4n) is 5.61. The van der Waals surface area contributed by atoms with Gasteiger partial charge in [0.25, 0.3) is 11.8 Å². The molecule has 236 valence electrons. The molecule has 4 aromatic rings. The Bertz CT molecular complexity index is 1980. The minimum atomic E-state index is -1.20. The van der Waals surface area contributed by atoms with Crippen LogP contribution in [-0.4, -0.2) is 91.2 Å². The third-order valence-corrected chi connectivity index (χ3v) is 10.5. The summed E-state index contributed by atoms with van der Waals surface area (Å²) in [5.41, 5.74) is 9.02. The van der Waals surface area contributed by atoms with Gasteiger partial charge in [0.15, 0.2) is 23.6 Å². The normalized spacial score (nSPS) is 19.5. The Morgan fingerprint density at radius 1 is 1.28 bits per heavy atom. The molecule has 0 unspecified atom stereocenters. The molecule has 5 N–H and O–H groups in total. The van der Waals surface area contributed by atoms with Crippen LogP contribution < -0.4 is 20.9 Å². The predicted molar refractivity (Wildman–Crippen MR) is 173 cm³/mol. The van der Waals surface area contributed by atoms with Crippen LogP contribution in [0.2, 0.25) is 0 Å². The fourth-order valence-corrected chi connectivity index (χ4v) is 8.27. The van der Waals surface area contributed by atoms with Gasteiger partial charge in [0.1, 0.15) is 52.0 Å². The Morgan fingerprint density at radius 2 is 2.15 bits per heavy atom. The van der Waals surface area contributed by atoms with Crippen molar-refractivity contribution in [3.8, 4) is 0 Å². The molecule has 15 nitrogen and oxygen atoms in total. The first kappa shape index (κ1) is 29.9. The number of pyridine rings is 1. The van der Waals surface area contributed by atoms with Gasteiger partial charge in [-0.1, -0.05) is 5.16 Å². The molecule has 0 bridgehead atoms. The molecule has 0 radical (unpaired) electrons. The van der Waals surface area contributed by atoms with E-state index in [1.54, 1.807) is 16.7 Å². The molecule has 3 aliphatic rings. The highest BCUT2D eigenvalue weighted by Crippen LogP contribution is 2.40. The third kappa shape index (κ3) is 5.37. The van der Waals surface area contributed by atoms with Crippen molar-refractivity contribution in [2.45, 2.75) is 24.5 Å². The highest BCUT2D eigenvalue weighted by Gasteiger charge is 2.55. The van der Waals surface area contributed by atoms with Gasteiger partial charge in [-0.3, -0.25) is 19.5 Å². The summed E-state index contributed by atoms with van der Waals surface area (Å²) in [6.07, 6.45) is 3.88. The Labute approximate surface area is 273 Å². The first-order valence-corrected chi connectivity index (χ1v) is 16.9. The van der Waals surface area contributed by atoms with E-state index in [2.05, 4.69) is 30.3 Å². The molecule has 4 aromatic heterocycles. The second-order valence-electron chi connectivity index (χ2n) is 10.4. The largest absolute Gasteiger partial charge is 0.477 e. The van der Waals surface area contributed by atoms with Gasteiger partial charge in [0.2, 0.25) is 5.52 Å². The third-order valence-electron chi connectivity index (χ3n) is 7.65. The SMILES string of the molecule is CON=C(C(=O)N[C@@H]1C(=O)N2C(C(=O)O)=C(C[n+]3cccc4c3ccn4Cc3nc(C4=NCCN4)cs3)CS[C@H]12)c1csc(N)n1. The monoisotopic (exact) mass is 679 g/mol. The minimum Gasteiger partial charge on any atom is -0.477 e. The Morgan fingerprint density at radius 3 is 2.89 bits per heavy atom. The molecule has 7 rings (SSSR count). The molecular weight excluding hydrogens is 653 g/mol. The maximum absolute atomic E-state index is 13.3. The van der Waals surface area contributed by atoms with E-state index in [0.717, 1.165) is 52.0 Å². The number of aromatic nitrogens is 4. The lowest BCUT2D eigenvalue weighted by Gasteiger charge is -2.49. The Kier molecular flexibility index (Phi) is 7.91. The predicted octanol–water partition coefficient (Wildman–Crippen LogP) is 0.611. The zero-order chi connectivity index (χ0) is 31.9. The minimum absolute atomic E-state index is 0.0695. The number of hydrogen-bond donors (Lipinski definition) is 4. The number of rotatable bonds is 10. The highest BCUT2D eigenvalue weighted by atomic mass is 32.2. The number of amides is 2. The van der Waals surface area contributed by atoms with Crippen LogP contribution in [0.5, 0.6) is 0 Å². The number of nitrogens with two attached hydrogens (primary N) is 1. The van der Waals surface area contributed by atoms with Gasteiger partial charge >= 0.3 is 5.97 Å². The lowest BCUT2D eigenvalue weighted by molar-refractivity contribution is -0.663. The van der Waals surface area contributed by atoms with E-state index in [4.69, 9.17) is 15.6 Å². The van der Waals surface area contributed by atoms with Gasteiger partial charge in [-0.15, -0.1) is 34.4 Å². The lowest BCUT2D eigenvalue weighted by atomic mass is 10.0. The Hall–Kier alpha value is -4.81. The molecule has 2 amide bonds. The van der Waals surface area contributed by atoms with Crippen molar-refractivity contribution in [3.05, 3.63) is 69.0 Å². The van der Waals surface area contributed by atoms with Crippen LogP contribution in [0.25, 0.3) is 11.0 Å². The number of carbonyl (C=O) groups is 3. The van der Waals surface area contributed by atoms with Gasteiger partial charge in [-0.2, -0.15) is 4.57 Å². The number of anilines is 1. The zero-order valence-electron chi connectivity index (χ0n) is 24.2. The van der Waals surface area contributed by atoms with Crippen molar-refractivity contribution in [2.75, 3.05) is 31.7 Å². The number of aliphatic imine (C=N–C) groups is 1. The summed E-state index contributed by atoms with van der Waals surface area (Å²) in [6.45, 7) is 2.42. The van der Waals surface area contributed by atoms with Gasteiger partial charge in [-0.25, -0.2) is 14.8 Å². The van der Waals surface area contributed by atoms with Gasteiger partial charge in [-0.05, 0) is 6.07 Å². The van der Waals surface area contributed by atoms with Crippen LogP contribution in [0.3, 0.4) is 0 Å². The molecule has 3 aliphatic heterocycles. The number of amidine groups is 1. The summed E-state index contributed by atoms with van der Waals surface area (Å²) >= 11 is 4.10. The smallest absolute Gasteiger partial charge is 0.352 e. The van der Waals surface area contributed by atoms with Crippen molar-refractivity contribution < 1.29 is 28.9 Å². The van der Waals surface area contributed by atoms with Crippen LogP contribution in [0.1, 0.15) is 16.4 Å². The second-order valence-corrected chi connectivity index (χ2v) is 13.4. The zero-order valence-corrected chi connectivity index (χ0v) is 26.7. The van der Waals surface area contributed by atoms with Crippen LogP contribution in [0.4, 0.5) is 5.13 Å². The van der Waals surface area contributed by atoms with Crippen molar-refractivity contribution in [3.63, 3.8) is 0 Å². The molecule has 18 heteroatoms. The first-order valence-electron chi connectivity index (χ1n) is 14.1. The number of carboxylic acid groups (broad SMARTS) is 1. The number of carbonyl (C=O) groups excluding carboxylic acids is 2. The topological polar surface area (TPSA) is 193 Å². The molecule has 2 atom stereocenters. The second kappa shape index (κ2) is 12.2. The molecule has 0 aromatic carbocycles. The van der Waals surface area contributed by atoms with Crippen molar-refractivity contribution in [2.24, 2.45) is 10.1 Å². The molecule has 0 saturated carbocycles. The lowest BCUT2D eigenvalue weighted by Crippen LogP contribution is -2.71. The average Bonchev–Trinajstić information content (AvgIpc) is 3.87. The number of β-lactam (4-membered cyclic amide) rings is 1. The van der Waals surface area contributed by atoms with Gasteiger partial charge in [0, 0.05) is 47.0 Å². The van der Waals surface area contributed by atoms with Crippen LogP contribution >= 0.6 is 34.4 Å². The van der Waals surface area contributed by atoms with Gasteiger partial charge in [0.05, 0.1) is 13.1 Å². The summed E-state index contributed by atoms with van der Waals surface area (Å²) in [6, 6.07) is 4.97. The number of carboxylic acids is 1. The molecular formula is C28H27N10O5S3+. The number of nitrogens with zero attached hydrogens (tertiary/aromatic N) is 7. The van der Waals surface area contributed by atoms with E-state index in [9.17, 15) is 19.5 Å². The summed E-state index contributed by atoms with van der Waals surface area (Å²) in [7, 11) is 1.29. The maximum atomic E-state index is 13.3. The van der Waals surface area contributed by atoms with E-state index < -0.39 is 29.2 Å². The van der Waals surface area contributed by atoms with Crippen molar-refractivity contribution in [1.82, 2.24) is 30.1 Å². The van der Waals surface area contributed by atoms with Crippen LogP contribution in [-0.2, 0) is 32.3 Å². The average molecular weight is 680 g/mol. The van der Waals surface area contributed by atoms with E-state index in [1.807, 2.05) is 40.5 Å². The summed E-state index contributed by atoms with van der Waals surface area (Å²) in [5.74, 6) is -1.22. The quantitative estimate of drug-likeness (QED) is 0.0799. The molecule has 46 heavy (non-hydrogen) atoms. The molecule has 0 spiro atoms. The standard InChI is InChI=1S/C28H26N10O5S3/c1-43-35-20(15-12-46-28(29)33-15)24(39)34-21-25(40)38-22(27(41)42)14(11-45-26(21)38)9-36-7-2-3-17-18(36)4-8-37(17)10-19-32-16(13-44-19)23-30-5-6-31-23/h2-4,7-8,12-13,21,26H,5-6,9-11H2,1H3,(H4-,29,30,31,33,34,39,41,42)/p+1/t21-,26-/m1/s1. The highest BCUT2D eigenvalue weighted by molar-refractivity contribution is 8.00. The van der Waals surface area contributed by atoms with E-state index in [-0.39, 0.29) is 28.8 Å². The number of hydrogen-bond acceptors (Lipinski definition) is 13. The van der Waals surface area contributed by atoms with Crippen molar-refractivity contribution in [1.29, 1.82) is 0 Å². The Balaban J connectivity index is 1.09. The maximum Gasteiger partial charge on any atom is 0.352 e.